The molecule has 0 aliphatic rings. The lowest BCUT2D eigenvalue weighted by Crippen LogP contribution is -2.28. The van der Waals surface area contributed by atoms with E-state index in [-0.39, 0.29) is 0 Å². The molecule has 0 aliphatic heterocycles. The van der Waals surface area contributed by atoms with Gasteiger partial charge in [0.2, 0.25) is 0 Å². The van der Waals surface area contributed by atoms with Crippen molar-refractivity contribution >= 4 is 13.2 Å². The van der Waals surface area contributed by atoms with Gasteiger partial charge in [-0.3, -0.25) is 4.79 Å². The molecule has 0 saturated carbocycles. The Labute approximate surface area is 151 Å². The predicted molar refractivity (Wildman–Crippen MR) is 93.9 cm³/mol. The van der Waals surface area contributed by atoms with Crippen molar-refractivity contribution in [1.82, 2.24) is 0 Å². The molecular formula is C19H19BF3O3. The van der Waals surface area contributed by atoms with E-state index in [4.69, 9.17) is 4.74 Å². The fraction of sp³-hybridized carbons (Fsp3) is 0.316. The Morgan fingerprint density at radius 2 is 1.81 bits per heavy atom. The number of halogens is 3. The number of carbonyl (C=O) groups is 1. The van der Waals surface area contributed by atoms with E-state index in [0.717, 1.165) is 12.1 Å². The number of alkyl halides is 3. The van der Waals surface area contributed by atoms with Crippen molar-refractivity contribution in [2.24, 2.45) is 0 Å². The van der Waals surface area contributed by atoms with Gasteiger partial charge in [-0.05, 0) is 55.3 Å². The molecular weight excluding hydrogens is 344 g/mol. The Morgan fingerprint density at radius 1 is 1.12 bits per heavy atom. The minimum Gasteiger partial charge on any atom is -0.481 e. The number of rotatable bonds is 6. The highest BCUT2D eigenvalue weighted by Crippen LogP contribution is 2.35. The number of carboxylic acids is 1. The molecule has 0 aromatic heterocycles. The standard InChI is InChI=1S/C19H19BF3O3/c1-18(2,17(24)25)13-5-4-6-15(10-13)26-16-8-7-14(19(21,22)23)9-12(16)11-20-3/h4-10H,11H2,1-3H3,(H,24,25). The number of aliphatic carboxylic acids is 1. The van der Waals surface area contributed by atoms with Crippen molar-refractivity contribution in [3.05, 3.63) is 59.2 Å². The van der Waals surface area contributed by atoms with E-state index < -0.39 is 23.1 Å². The maximum Gasteiger partial charge on any atom is 0.416 e. The molecule has 0 atom stereocenters. The van der Waals surface area contributed by atoms with Gasteiger partial charge in [-0.2, -0.15) is 13.2 Å². The van der Waals surface area contributed by atoms with Crippen LogP contribution in [0.15, 0.2) is 42.5 Å². The first kappa shape index (κ1) is 19.9. The van der Waals surface area contributed by atoms with Crippen molar-refractivity contribution in [1.29, 1.82) is 0 Å². The molecule has 2 rings (SSSR count). The molecule has 1 radical (unpaired) electrons. The van der Waals surface area contributed by atoms with E-state index in [1.54, 1.807) is 52.2 Å². The molecule has 0 bridgehead atoms. The fourth-order valence-corrected chi connectivity index (χ4v) is 2.43. The lowest BCUT2D eigenvalue weighted by molar-refractivity contribution is -0.142. The maximum absolute atomic E-state index is 12.9. The zero-order valence-corrected chi connectivity index (χ0v) is 14.7. The highest BCUT2D eigenvalue weighted by atomic mass is 19.4. The van der Waals surface area contributed by atoms with E-state index >= 15 is 0 Å². The van der Waals surface area contributed by atoms with Crippen LogP contribution < -0.4 is 4.74 Å². The van der Waals surface area contributed by atoms with Gasteiger partial charge in [-0.25, -0.2) is 0 Å². The van der Waals surface area contributed by atoms with Gasteiger partial charge in [0, 0.05) is 0 Å². The van der Waals surface area contributed by atoms with E-state index in [1.165, 1.54) is 6.07 Å². The highest BCUT2D eigenvalue weighted by Gasteiger charge is 2.31. The molecule has 0 fully saturated rings. The molecule has 137 valence electrons. The minimum absolute atomic E-state index is 0.307. The van der Waals surface area contributed by atoms with Crippen LogP contribution in [-0.2, 0) is 22.7 Å². The molecule has 2 aromatic carbocycles. The molecule has 0 unspecified atom stereocenters. The van der Waals surface area contributed by atoms with Gasteiger partial charge < -0.3 is 9.84 Å². The summed E-state index contributed by atoms with van der Waals surface area (Å²) < 4.78 is 44.5. The number of hydrogen-bond donors (Lipinski definition) is 1. The summed E-state index contributed by atoms with van der Waals surface area (Å²) in [5.74, 6) is -0.305. The molecule has 2 aromatic rings. The zero-order chi connectivity index (χ0) is 19.5. The molecule has 0 heterocycles. The number of hydrogen-bond acceptors (Lipinski definition) is 2. The van der Waals surface area contributed by atoms with Crippen molar-refractivity contribution < 1.29 is 27.8 Å². The molecule has 7 heteroatoms. The summed E-state index contributed by atoms with van der Waals surface area (Å²) >= 11 is 0. The minimum atomic E-state index is -4.42. The first-order valence-corrected chi connectivity index (χ1v) is 8.05. The van der Waals surface area contributed by atoms with Gasteiger partial charge in [0.05, 0.1) is 11.0 Å². The van der Waals surface area contributed by atoms with E-state index in [9.17, 15) is 23.1 Å². The van der Waals surface area contributed by atoms with Gasteiger partial charge in [0.25, 0.3) is 0 Å². The average Bonchev–Trinajstić information content (AvgIpc) is 2.56. The second kappa shape index (κ2) is 7.44. The predicted octanol–water partition coefficient (Wildman–Crippen LogP) is 5.11. The van der Waals surface area contributed by atoms with E-state index in [2.05, 4.69) is 0 Å². The molecule has 0 aliphatic carbocycles. The summed E-state index contributed by atoms with van der Waals surface area (Å²) in [5, 5.41) is 9.34. The van der Waals surface area contributed by atoms with E-state index in [1.807, 2.05) is 0 Å². The Balaban J connectivity index is 2.38. The lowest BCUT2D eigenvalue weighted by Gasteiger charge is -2.21. The van der Waals surface area contributed by atoms with Crippen LogP contribution in [0.1, 0.15) is 30.5 Å². The summed E-state index contributed by atoms with van der Waals surface area (Å²) in [6.07, 6.45) is -4.11. The third-order valence-electron chi connectivity index (χ3n) is 4.13. The first-order chi connectivity index (χ1) is 12.1. The summed E-state index contributed by atoms with van der Waals surface area (Å²) in [5.41, 5.74) is -0.898. The highest BCUT2D eigenvalue weighted by molar-refractivity contribution is 6.33. The molecule has 0 spiro atoms. The normalized spacial score (nSPS) is 11.9. The molecule has 26 heavy (non-hydrogen) atoms. The quantitative estimate of drug-likeness (QED) is 0.726. The summed E-state index contributed by atoms with van der Waals surface area (Å²) in [6, 6.07) is 9.89. The number of benzene rings is 2. The molecule has 0 saturated heterocycles. The van der Waals surface area contributed by atoms with Crippen molar-refractivity contribution in [3.63, 3.8) is 0 Å². The van der Waals surface area contributed by atoms with Crippen molar-refractivity contribution in [3.8, 4) is 11.5 Å². The summed E-state index contributed by atoms with van der Waals surface area (Å²) in [6.45, 7) is 4.90. The second-order valence-corrected chi connectivity index (χ2v) is 6.49. The van der Waals surface area contributed by atoms with Crippen LogP contribution in [-0.4, -0.2) is 18.4 Å². The molecule has 3 nitrogen and oxygen atoms in total. The van der Waals surface area contributed by atoms with Gasteiger partial charge in [-0.1, -0.05) is 25.3 Å². The third-order valence-corrected chi connectivity index (χ3v) is 4.13. The van der Waals surface area contributed by atoms with Crippen LogP contribution in [0.4, 0.5) is 13.2 Å². The van der Waals surface area contributed by atoms with E-state index in [0.29, 0.717) is 28.9 Å². The smallest absolute Gasteiger partial charge is 0.416 e. The lowest BCUT2D eigenvalue weighted by atomic mass is 9.74. The van der Waals surface area contributed by atoms with Crippen LogP contribution in [0.2, 0.25) is 6.82 Å². The topological polar surface area (TPSA) is 46.5 Å². The van der Waals surface area contributed by atoms with Crippen LogP contribution in [0.5, 0.6) is 11.5 Å². The monoisotopic (exact) mass is 363 g/mol. The first-order valence-electron chi connectivity index (χ1n) is 8.05. The molecule has 0 amide bonds. The summed E-state index contributed by atoms with van der Waals surface area (Å²) in [4.78, 5) is 11.4. The average molecular weight is 363 g/mol. The van der Waals surface area contributed by atoms with Crippen molar-refractivity contribution in [2.45, 2.75) is 38.6 Å². The van der Waals surface area contributed by atoms with Gasteiger partial charge in [0.15, 0.2) is 0 Å². The van der Waals surface area contributed by atoms with Crippen LogP contribution in [0.25, 0.3) is 0 Å². The largest absolute Gasteiger partial charge is 0.481 e. The third kappa shape index (κ3) is 4.39. The SMILES string of the molecule is C[B]Cc1cc(C(F)(F)F)ccc1Oc1cccc(C(C)(C)C(=O)O)c1. The fourth-order valence-electron chi connectivity index (χ4n) is 2.43. The number of carboxylic acid groups (broad SMARTS) is 1. The van der Waals surface area contributed by atoms with Crippen molar-refractivity contribution in [2.75, 3.05) is 0 Å². The Morgan fingerprint density at radius 3 is 2.38 bits per heavy atom. The zero-order valence-electron chi connectivity index (χ0n) is 14.7. The Bertz CT molecular complexity index is 801. The Kier molecular flexibility index (Phi) is 5.69. The van der Waals surface area contributed by atoms with Gasteiger partial charge in [0.1, 0.15) is 18.8 Å². The second-order valence-electron chi connectivity index (χ2n) is 6.49. The maximum atomic E-state index is 12.9. The van der Waals surface area contributed by atoms with Gasteiger partial charge in [-0.15, -0.1) is 0 Å². The van der Waals surface area contributed by atoms with Crippen LogP contribution in [0.3, 0.4) is 0 Å². The van der Waals surface area contributed by atoms with Crippen LogP contribution >= 0.6 is 0 Å². The Hall–Kier alpha value is -2.44. The summed E-state index contributed by atoms with van der Waals surface area (Å²) in [7, 11) is 1.74. The molecule has 1 N–H and O–H groups in total. The van der Waals surface area contributed by atoms with Gasteiger partial charge >= 0.3 is 12.1 Å². The van der Waals surface area contributed by atoms with Crippen LogP contribution in [0, 0.1) is 0 Å². The number of ether oxygens (including phenoxy) is 1.